The van der Waals surface area contributed by atoms with Crippen molar-refractivity contribution in [2.75, 3.05) is 5.75 Å². The van der Waals surface area contributed by atoms with Crippen molar-refractivity contribution in [1.82, 2.24) is 30.2 Å². The highest BCUT2D eigenvalue weighted by Gasteiger charge is 2.19. The molecule has 10 heteroatoms. The van der Waals surface area contributed by atoms with Crippen LogP contribution in [0.2, 0.25) is 5.02 Å². The number of carbonyl (C=O) groups is 1. The Morgan fingerprint density at radius 2 is 1.90 bits per heavy atom. The van der Waals surface area contributed by atoms with Gasteiger partial charge >= 0.3 is 0 Å². The van der Waals surface area contributed by atoms with Crippen LogP contribution in [0.4, 0.5) is 0 Å². The van der Waals surface area contributed by atoms with Crippen LogP contribution >= 0.6 is 23.4 Å². The standard InChI is InChI=1S/C20H17ClN6O2S/c1-27-18(19-23-17(26-29-19)13-7-3-2-4-8-13)24-25-20(27)30-12-16(28)22-11-14-9-5-6-10-15(14)21/h2-10H,11-12H2,1H3,(H,22,28). The Balaban J connectivity index is 1.37. The molecule has 0 unspecified atom stereocenters. The number of thioether (sulfide) groups is 1. The van der Waals surface area contributed by atoms with Crippen LogP contribution in [0.3, 0.4) is 0 Å². The van der Waals surface area contributed by atoms with Crippen LogP contribution in [0.1, 0.15) is 5.56 Å². The normalized spacial score (nSPS) is 10.9. The first-order valence-corrected chi connectivity index (χ1v) is 10.4. The van der Waals surface area contributed by atoms with Crippen molar-refractivity contribution < 1.29 is 9.32 Å². The van der Waals surface area contributed by atoms with Crippen molar-refractivity contribution in [2.45, 2.75) is 11.7 Å². The largest absolute Gasteiger partial charge is 0.351 e. The molecule has 30 heavy (non-hydrogen) atoms. The Morgan fingerprint density at radius 3 is 2.70 bits per heavy atom. The fraction of sp³-hybridized carbons (Fsp3) is 0.150. The van der Waals surface area contributed by atoms with Crippen LogP contribution in [-0.4, -0.2) is 36.6 Å². The maximum atomic E-state index is 12.2. The Hall–Kier alpha value is -3.17. The van der Waals surface area contributed by atoms with Gasteiger partial charge in [-0.1, -0.05) is 77.1 Å². The molecule has 0 spiro atoms. The summed E-state index contributed by atoms with van der Waals surface area (Å²) in [7, 11) is 1.78. The number of hydrogen-bond acceptors (Lipinski definition) is 7. The molecule has 4 aromatic rings. The summed E-state index contributed by atoms with van der Waals surface area (Å²) in [4.78, 5) is 16.6. The molecule has 1 N–H and O–H groups in total. The van der Waals surface area contributed by atoms with Gasteiger partial charge < -0.3 is 14.4 Å². The number of carbonyl (C=O) groups excluding carboxylic acids is 1. The molecule has 0 fully saturated rings. The number of nitrogens with one attached hydrogen (secondary N) is 1. The molecule has 0 saturated carbocycles. The first-order chi connectivity index (χ1) is 14.6. The molecule has 0 aliphatic heterocycles. The number of benzene rings is 2. The van der Waals surface area contributed by atoms with E-state index in [2.05, 4.69) is 25.7 Å². The maximum absolute atomic E-state index is 12.2. The zero-order valence-electron chi connectivity index (χ0n) is 15.9. The van der Waals surface area contributed by atoms with E-state index in [1.807, 2.05) is 48.5 Å². The lowest BCUT2D eigenvalue weighted by molar-refractivity contribution is -0.118. The van der Waals surface area contributed by atoms with E-state index in [1.165, 1.54) is 11.8 Å². The molecule has 0 radical (unpaired) electrons. The number of nitrogens with zero attached hydrogens (tertiary/aromatic N) is 5. The van der Waals surface area contributed by atoms with E-state index in [0.717, 1.165) is 11.1 Å². The minimum Gasteiger partial charge on any atom is -0.351 e. The third-order valence-electron chi connectivity index (χ3n) is 4.25. The van der Waals surface area contributed by atoms with E-state index >= 15 is 0 Å². The fourth-order valence-corrected chi connectivity index (χ4v) is 3.61. The SMILES string of the molecule is Cn1c(SCC(=O)NCc2ccccc2Cl)nnc1-c1nc(-c2ccccc2)no1. The predicted octanol–water partition coefficient (Wildman–Crippen LogP) is 3.59. The Bertz CT molecular complexity index is 1160. The van der Waals surface area contributed by atoms with Gasteiger partial charge in [0.25, 0.3) is 5.89 Å². The second-order valence-corrected chi connectivity index (χ2v) is 7.66. The Labute approximate surface area is 181 Å². The molecule has 4 rings (SSSR count). The Kier molecular flexibility index (Phi) is 6.10. The first kappa shape index (κ1) is 20.1. The lowest BCUT2D eigenvalue weighted by atomic mass is 10.2. The zero-order valence-corrected chi connectivity index (χ0v) is 17.5. The molecule has 152 valence electrons. The second kappa shape index (κ2) is 9.10. The molecule has 0 aliphatic carbocycles. The summed E-state index contributed by atoms with van der Waals surface area (Å²) in [5.41, 5.74) is 1.71. The lowest BCUT2D eigenvalue weighted by Gasteiger charge is -2.06. The molecule has 8 nitrogen and oxygen atoms in total. The van der Waals surface area contributed by atoms with Crippen LogP contribution in [-0.2, 0) is 18.4 Å². The Morgan fingerprint density at radius 1 is 1.13 bits per heavy atom. The van der Waals surface area contributed by atoms with E-state index in [9.17, 15) is 4.79 Å². The molecule has 0 aliphatic rings. The fourth-order valence-electron chi connectivity index (χ4n) is 2.66. The lowest BCUT2D eigenvalue weighted by Crippen LogP contribution is -2.24. The van der Waals surface area contributed by atoms with Gasteiger partial charge in [-0.2, -0.15) is 4.98 Å². The third kappa shape index (κ3) is 4.52. The zero-order chi connectivity index (χ0) is 20.9. The van der Waals surface area contributed by atoms with Crippen LogP contribution < -0.4 is 5.32 Å². The minimum absolute atomic E-state index is 0.131. The van der Waals surface area contributed by atoms with Gasteiger partial charge in [0, 0.05) is 24.2 Å². The average Bonchev–Trinajstić information content (AvgIpc) is 3.39. The third-order valence-corrected chi connectivity index (χ3v) is 5.64. The van der Waals surface area contributed by atoms with Crippen molar-refractivity contribution in [3.05, 3.63) is 65.2 Å². The monoisotopic (exact) mass is 440 g/mol. The summed E-state index contributed by atoms with van der Waals surface area (Å²) >= 11 is 7.37. The summed E-state index contributed by atoms with van der Waals surface area (Å²) in [6.07, 6.45) is 0. The van der Waals surface area contributed by atoms with E-state index in [4.69, 9.17) is 16.1 Å². The van der Waals surface area contributed by atoms with Gasteiger partial charge in [0.05, 0.1) is 5.75 Å². The smallest absolute Gasteiger partial charge is 0.296 e. The number of rotatable bonds is 7. The highest BCUT2D eigenvalue weighted by molar-refractivity contribution is 7.99. The predicted molar refractivity (Wildman–Crippen MR) is 114 cm³/mol. The number of amides is 1. The molecule has 2 aromatic heterocycles. The molecule has 0 saturated heterocycles. The molecule has 0 bridgehead atoms. The average molecular weight is 441 g/mol. The quantitative estimate of drug-likeness (QED) is 0.438. The highest BCUT2D eigenvalue weighted by Crippen LogP contribution is 2.24. The van der Waals surface area contributed by atoms with Crippen molar-refractivity contribution in [2.24, 2.45) is 7.05 Å². The topological polar surface area (TPSA) is 98.7 Å². The van der Waals surface area contributed by atoms with Gasteiger partial charge in [0.1, 0.15) is 0 Å². The van der Waals surface area contributed by atoms with Crippen molar-refractivity contribution >= 4 is 29.3 Å². The van der Waals surface area contributed by atoms with Gasteiger partial charge in [0.15, 0.2) is 5.16 Å². The van der Waals surface area contributed by atoms with Crippen LogP contribution in [0.15, 0.2) is 64.3 Å². The highest BCUT2D eigenvalue weighted by atomic mass is 35.5. The molecular formula is C20H17ClN6O2S. The van der Waals surface area contributed by atoms with Crippen LogP contribution in [0.5, 0.6) is 0 Å². The summed E-state index contributed by atoms with van der Waals surface area (Å²) in [6, 6.07) is 16.9. The van der Waals surface area contributed by atoms with Gasteiger partial charge in [-0.05, 0) is 11.6 Å². The molecule has 2 heterocycles. The van der Waals surface area contributed by atoms with Crippen molar-refractivity contribution in [3.63, 3.8) is 0 Å². The van der Waals surface area contributed by atoms with Crippen LogP contribution in [0, 0.1) is 0 Å². The maximum Gasteiger partial charge on any atom is 0.296 e. The van der Waals surface area contributed by atoms with E-state index < -0.39 is 0 Å². The van der Waals surface area contributed by atoms with Crippen LogP contribution in [0.25, 0.3) is 23.1 Å². The molecule has 0 atom stereocenters. The van der Waals surface area contributed by atoms with Gasteiger partial charge in [-0.15, -0.1) is 10.2 Å². The van der Waals surface area contributed by atoms with Gasteiger partial charge in [-0.25, -0.2) is 0 Å². The summed E-state index contributed by atoms with van der Waals surface area (Å²) in [6.45, 7) is 0.368. The molecular weight excluding hydrogens is 424 g/mol. The van der Waals surface area contributed by atoms with Gasteiger partial charge in [-0.3, -0.25) is 4.79 Å². The summed E-state index contributed by atoms with van der Waals surface area (Å²) in [5, 5.41) is 16.3. The van der Waals surface area contributed by atoms with E-state index in [-0.39, 0.29) is 17.6 Å². The van der Waals surface area contributed by atoms with Crippen molar-refractivity contribution in [3.8, 4) is 23.1 Å². The second-order valence-electron chi connectivity index (χ2n) is 6.31. The first-order valence-electron chi connectivity index (χ1n) is 9.03. The molecule has 2 aromatic carbocycles. The summed E-state index contributed by atoms with van der Waals surface area (Å²) < 4.78 is 7.05. The van der Waals surface area contributed by atoms with Gasteiger partial charge in [0.2, 0.25) is 17.6 Å². The number of halogens is 1. The number of aromatic nitrogens is 5. The van der Waals surface area contributed by atoms with E-state index in [0.29, 0.717) is 28.4 Å². The summed E-state index contributed by atoms with van der Waals surface area (Å²) in [5.74, 6) is 1.23. The molecule has 1 amide bonds. The van der Waals surface area contributed by atoms with E-state index in [1.54, 1.807) is 17.7 Å². The van der Waals surface area contributed by atoms with Crippen molar-refractivity contribution in [1.29, 1.82) is 0 Å². The number of hydrogen-bond donors (Lipinski definition) is 1. The minimum atomic E-state index is -0.131.